The molecule has 1 heterocycles. The first kappa shape index (κ1) is 22.2. The van der Waals surface area contributed by atoms with E-state index in [1.54, 1.807) is 47.4 Å². The molecule has 31 heavy (non-hydrogen) atoms. The van der Waals surface area contributed by atoms with Gasteiger partial charge in [-0.25, -0.2) is 4.98 Å². The molecule has 7 nitrogen and oxygen atoms in total. The molecule has 0 fully saturated rings. The average molecular weight is 421 g/mol. The third-order valence-electron chi connectivity index (χ3n) is 5.14. The Morgan fingerprint density at radius 2 is 1.65 bits per heavy atom. The molecular formula is C24H28N4O3. The molecule has 0 spiro atoms. The van der Waals surface area contributed by atoms with Crippen LogP contribution < -0.4 is 10.9 Å². The molecule has 3 aromatic rings. The van der Waals surface area contributed by atoms with E-state index in [2.05, 4.69) is 15.3 Å². The fraction of sp³-hybridized carbons (Fsp3) is 0.333. The summed E-state index contributed by atoms with van der Waals surface area (Å²) in [7, 11) is 0. The summed E-state index contributed by atoms with van der Waals surface area (Å²) in [5, 5.41) is 3.38. The summed E-state index contributed by atoms with van der Waals surface area (Å²) in [4.78, 5) is 47.4. The number of hydrogen-bond donors (Lipinski definition) is 2. The number of rotatable bonds is 7. The zero-order chi connectivity index (χ0) is 22.5. The summed E-state index contributed by atoms with van der Waals surface area (Å²) >= 11 is 0. The molecule has 162 valence electrons. The Bertz CT molecular complexity index is 1120. The van der Waals surface area contributed by atoms with Crippen LogP contribution in [0.3, 0.4) is 0 Å². The Morgan fingerprint density at radius 3 is 2.29 bits per heavy atom. The van der Waals surface area contributed by atoms with Gasteiger partial charge < -0.3 is 15.2 Å². The van der Waals surface area contributed by atoms with Gasteiger partial charge in [0, 0.05) is 11.6 Å². The van der Waals surface area contributed by atoms with Gasteiger partial charge in [-0.05, 0) is 44.0 Å². The first-order valence-electron chi connectivity index (χ1n) is 10.4. The number of hydrogen-bond acceptors (Lipinski definition) is 4. The molecule has 0 aliphatic rings. The maximum absolute atomic E-state index is 13.4. The van der Waals surface area contributed by atoms with Crippen LogP contribution in [0.5, 0.6) is 0 Å². The van der Waals surface area contributed by atoms with Crippen molar-refractivity contribution in [2.24, 2.45) is 5.92 Å². The van der Waals surface area contributed by atoms with Crippen LogP contribution in [0.4, 0.5) is 0 Å². The number of nitrogens with zero attached hydrogens (tertiary/aromatic N) is 2. The van der Waals surface area contributed by atoms with Gasteiger partial charge in [0.25, 0.3) is 11.5 Å². The highest BCUT2D eigenvalue weighted by Gasteiger charge is 2.30. The Balaban J connectivity index is 1.86. The fourth-order valence-electron chi connectivity index (χ4n) is 3.39. The average Bonchev–Trinajstić information content (AvgIpc) is 2.75. The minimum Gasteiger partial charge on any atom is -0.340 e. The number of carbonyl (C=O) groups is 2. The number of nitrogens with one attached hydrogen (secondary N) is 2. The monoisotopic (exact) mass is 420 g/mol. The number of H-pyrrole nitrogens is 1. The van der Waals surface area contributed by atoms with Crippen molar-refractivity contribution in [3.63, 3.8) is 0 Å². The highest BCUT2D eigenvalue weighted by atomic mass is 16.2. The standard InChI is InChI=1S/C24H28N4O3/c1-15(2)21(27-22(29)17-10-6-5-7-11-17)24(31)28(16(3)4)14-20-25-19-13-9-8-12-18(19)23(30)26-20/h5-13,15-16,21H,14H2,1-4H3,(H,27,29)(H,25,26,30). The molecule has 1 atom stereocenters. The normalized spacial score (nSPS) is 12.2. The first-order valence-corrected chi connectivity index (χ1v) is 10.4. The Labute approximate surface area is 181 Å². The minimum absolute atomic E-state index is 0.120. The number of para-hydroxylation sites is 1. The van der Waals surface area contributed by atoms with Crippen LogP contribution in [-0.4, -0.2) is 38.8 Å². The lowest BCUT2D eigenvalue weighted by atomic mass is 10.0. The lowest BCUT2D eigenvalue weighted by Crippen LogP contribution is -2.53. The summed E-state index contributed by atoms with van der Waals surface area (Å²) in [6.45, 7) is 7.72. The molecule has 0 aliphatic heterocycles. The van der Waals surface area contributed by atoms with Crippen molar-refractivity contribution in [3.8, 4) is 0 Å². The molecule has 1 unspecified atom stereocenters. The molecular weight excluding hydrogens is 392 g/mol. The lowest BCUT2D eigenvalue weighted by Gasteiger charge is -2.32. The summed E-state index contributed by atoms with van der Waals surface area (Å²) in [5.74, 6) is -0.230. The van der Waals surface area contributed by atoms with Crippen molar-refractivity contribution in [2.75, 3.05) is 0 Å². The largest absolute Gasteiger partial charge is 0.340 e. The Hall–Kier alpha value is -3.48. The van der Waals surface area contributed by atoms with Gasteiger partial charge in [-0.1, -0.05) is 44.2 Å². The van der Waals surface area contributed by atoms with Crippen LogP contribution in [-0.2, 0) is 11.3 Å². The highest BCUT2D eigenvalue weighted by Crippen LogP contribution is 2.14. The summed E-state index contributed by atoms with van der Waals surface area (Å²) in [5.41, 5.74) is 0.835. The topological polar surface area (TPSA) is 95.2 Å². The second kappa shape index (κ2) is 9.55. The molecule has 0 saturated carbocycles. The molecule has 2 amide bonds. The van der Waals surface area contributed by atoms with Crippen LogP contribution in [0.2, 0.25) is 0 Å². The number of amides is 2. The number of aromatic nitrogens is 2. The molecule has 0 saturated heterocycles. The number of benzene rings is 2. The van der Waals surface area contributed by atoms with Crippen molar-refractivity contribution in [1.82, 2.24) is 20.2 Å². The van der Waals surface area contributed by atoms with Gasteiger partial charge in [0.1, 0.15) is 11.9 Å². The van der Waals surface area contributed by atoms with E-state index in [4.69, 9.17) is 0 Å². The number of aromatic amines is 1. The fourth-order valence-corrected chi connectivity index (χ4v) is 3.39. The smallest absolute Gasteiger partial charge is 0.258 e. The van der Waals surface area contributed by atoms with Crippen molar-refractivity contribution < 1.29 is 9.59 Å². The van der Waals surface area contributed by atoms with E-state index in [1.165, 1.54) is 0 Å². The zero-order valence-electron chi connectivity index (χ0n) is 18.3. The SMILES string of the molecule is CC(C)C(NC(=O)c1ccccc1)C(=O)N(Cc1nc2ccccc2c(=O)[nH]1)C(C)C. The molecule has 2 N–H and O–H groups in total. The second-order valence-corrected chi connectivity index (χ2v) is 8.15. The molecule has 7 heteroatoms. The van der Waals surface area contributed by atoms with Crippen LogP contribution >= 0.6 is 0 Å². The third kappa shape index (κ3) is 5.17. The minimum atomic E-state index is -0.706. The van der Waals surface area contributed by atoms with Gasteiger partial charge in [-0.3, -0.25) is 14.4 Å². The van der Waals surface area contributed by atoms with Gasteiger partial charge in [0.05, 0.1) is 17.4 Å². The molecule has 1 aromatic heterocycles. The van der Waals surface area contributed by atoms with Crippen molar-refractivity contribution >= 4 is 22.7 Å². The zero-order valence-corrected chi connectivity index (χ0v) is 18.3. The lowest BCUT2D eigenvalue weighted by molar-refractivity contribution is -0.136. The van der Waals surface area contributed by atoms with Crippen LogP contribution in [0.25, 0.3) is 10.9 Å². The summed E-state index contributed by atoms with van der Waals surface area (Å²) < 4.78 is 0. The summed E-state index contributed by atoms with van der Waals surface area (Å²) in [6.07, 6.45) is 0. The molecule has 0 bridgehead atoms. The van der Waals surface area contributed by atoms with E-state index in [0.717, 1.165) is 0 Å². The van der Waals surface area contributed by atoms with Gasteiger partial charge in [-0.2, -0.15) is 0 Å². The van der Waals surface area contributed by atoms with Crippen LogP contribution in [0.1, 0.15) is 43.9 Å². The Morgan fingerprint density at radius 1 is 1.00 bits per heavy atom. The predicted molar refractivity (Wildman–Crippen MR) is 121 cm³/mol. The maximum atomic E-state index is 13.4. The van der Waals surface area contributed by atoms with Gasteiger partial charge in [0.2, 0.25) is 5.91 Å². The molecule has 3 rings (SSSR count). The van der Waals surface area contributed by atoms with E-state index in [0.29, 0.717) is 22.3 Å². The molecule has 0 radical (unpaired) electrons. The highest BCUT2D eigenvalue weighted by molar-refractivity contribution is 5.97. The van der Waals surface area contributed by atoms with Crippen molar-refractivity contribution in [2.45, 2.75) is 46.3 Å². The van der Waals surface area contributed by atoms with E-state index in [-0.39, 0.29) is 35.9 Å². The number of fused-ring (bicyclic) bond motifs is 1. The van der Waals surface area contributed by atoms with Gasteiger partial charge >= 0.3 is 0 Å². The molecule has 2 aromatic carbocycles. The van der Waals surface area contributed by atoms with Gasteiger partial charge in [-0.15, -0.1) is 0 Å². The van der Waals surface area contributed by atoms with E-state index >= 15 is 0 Å². The number of carbonyl (C=O) groups excluding carboxylic acids is 2. The first-order chi connectivity index (χ1) is 14.8. The van der Waals surface area contributed by atoms with E-state index in [1.807, 2.05) is 39.8 Å². The van der Waals surface area contributed by atoms with Crippen LogP contribution in [0.15, 0.2) is 59.4 Å². The second-order valence-electron chi connectivity index (χ2n) is 8.15. The quantitative estimate of drug-likeness (QED) is 0.614. The molecule has 0 aliphatic carbocycles. The third-order valence-corrected chi connectivity index (χ3v) is 5.14. The van der Waals surface area contributed by atoms with Crippen molar-refractivity contribution in [3.05, 3.63) is 76.3 Å². The predicted octanol–water partition coefficient (Wildman–Crippen LogP) is 3.11. The Kier molecular flexibility index (Phi) is 6.84. The van der Waals surface area contributed by atoms with Crippen molar-refractivity contribution in [1.29, 1.82) is 0 Å². The van der Waals surface area contributed by atoms with Gasteiger partial charge in [0.15, 0.2) is 0 Å². The van der Waals surface area contributed by atoms with Crippen LogP contribution in [0, 0.1) is 5.92 Å². The van der Waals surface area contributed by atoms with E-state index < -0.39 is 6.04 Å². The summed E-state index contributed by atoms with van der Waals surface area (Å²) in [6, 6.07) is 15.0. The maximum Gasteiger partial charge on any atom is 0.258 e. The van der Waals surface area contributed by atoms with E-state index in [9.17, 15) is 14.4 Å².